The van der Waals surface area contributed by atoms with E-state index in [4.69, 9.17) is 4.74 Å². The first-order chi connectivity index (χ1) is 4.30. The summed E-state index contributed by atoms with van der Waals surface area (Å²) >= 11 is 4.31. The van der Waals surface area contributed by atoms with Crippen LogP contribution in [0.25, 0.3) is 0 Å². The van der Waals surface area contributed by atoms with Crippen molar-refractivity contribution in [2.24, 2.45) is 0 Å². The van der Waals surface area contributed by atoms with Gasteiger partial charge in [0, 0.05) is 13.1 Å². The van der Waals surface area contributed by atoms with Gasteiger partial charge in [-0.3, -0.25) is 4.90 Å². The molecule has 0 amide bonds. The minimum atomic E-state index is 0. The van der Waals surface area contributed by atoms with E-state index in [0.29, 0.717) is 5.37 Å². The molecule has 1 atom stereocenters. The van der Waals surface area contributed by atoms with Gasteiger partial charge in [0.1, 0.15) is 0 Å². The van der Waals surface area contributed by atoms with Crippen molar-refractivity contribution in [3.63, 3.8) is 0 Å². The molecule has 1 heterocycles. The molecule has 0 aromatic carbocycles. The first-order valence-electron chi connectivity index (χ1n) is 3.30. The van der Waals surface area contributed by atoms with Crippen molar-refractivity contribution in [2.75, 3.05) is 26.3 Å². The average Bonchev–Trinajstić information content (AvgIpc) is 1.90. The molecule has 0 radical (unpaired) electrons. The van der Waals surface area contributed by atoms with Gasteiger partial charge in [0.15, 0.2) is 0 Å². The summed E-state index contributed by atoms with van der Waals surface area (Å²) < 4.78 is 5.17. The van der Waals surface area contributed by atoms with Gasteiger partial charge in [0.05, 0.1) is 18.6 Å². The van der Waals surface area contributed by atoms with E-state index in [-0.39, 0.29) is 22.4 Å². The van der Waals surface area contributed by atoms with Gasteiger partial charge >= 0.3 is 22.4 Å². The van der Waals surface area contributed by atoms with E-state index in [1.807, 2.05) is 0 Å². The quantitative estimate of drug-likeness (QED) is 0.544. The van der Waals surface area contributed by atoms with Gasteiger partial charge in [-0.2, -0.15) is 12.6 Å². The van der Waals surface area contributed by atoms with Crippen molar-refractivity contribution in [3.05, 3.63) is 0 Å². The molecule has 1 unspecified atom stereocenters. The van der Waals surface area contributed by atoms with E-state index in [0.717, 1.165) is 26.3 Å². The van der Waals surface area contributed by atoms with E-state index in [2.05, 4.69) is 24.5 Å². The Bertz CT molecular complexity index is 85.8. The summed E-state index contributed by atoms with van der Waals surface area (Å²) in [5.74, 6) is 0. The Hall–Kier alpha value is 1.01. The van der Waals surface area contributed by atoms with Gasteiger partial charge in [-0.25, -0.2) is 0 Å². The number of hydrogen-bond acceptors (Lipinski definition) is 3. The van der Waals surface area contributed by atoms with Crippen LogP contribution < -0.4 is 0 Å². The predicted octanol–water partition coefficient (Wildman–Crippen LogP) is 0.592. The number of nitrogens with zero attached hydrogens (tertiary/aromatic N) is 1. The van der Waals surface area contributed by atoms with Crippen LogP contribution in [0.5, 0.6) is 0 Å². The zero-order chi connectivity index (χ0) is 6.69. The van der Waals surface area contributed by atoms with Crippen molar-refractivity contribution in [1.82, 2.24) is 4.90 Å². The third-order valence-electron chi connectivity index (χ3n) is 1.57. The Morgan fingerprint density at radius 3 is 2.20 bits per heavy atom. The van der Waals surface area contributed by atoms with Crippen LogP contribution in [0, 0.1) is 0 Å². The number of thiol groups is 1. The molecule has 1 fully saturated rings. The Balaban J connectivity index is 0.000000810. The molecule has 10 heavy (non-hydrogen) atoms. The molecule has 0 saturated carbocycles. The molecule has 1 rings (SSSR count). The van der Waals surface area contributed by atoms with Gasteiger partial charge in [-0.05, 0) is 6.92 Å². The molecule has 0 aromatic heterocycles. The summed E-state index contributed by atoms with van der Waals surface area (Å²) in [4.78, 5) is 2.30. The molecule has 1 aliphatic heterocycles. The van der Waals surface area contributed by atoms with E-state index in [1.165, 1.54) is 0 Å². The van der Waals surface area contributed by atoms with Crippen LogP contribution >= 0.6 is 12.6 Å². The van der Waals surface area contributed by atoms with Crippen molar-refractivity contribution >= 4 is 12.6 Å². The summed E-state index contributed by atoms with van der Waals surface area (Å²) in [7, 11) is 0. The molecule has 1 aliphatic rings. The fraction of sp³-hybridized carbons (Fsp3) is 1.00. The monoisotopic (exact) mass is 254 g/mol. The SMILES string of the molecule is CC(S)N1CCOCC1.[Ag+]. The first kappa shape index (κ1) is 11.0. The maximum atomic E-state index is 5.17. The van der Waals surface area contributed by atoms with Gasteiger partial charge in [0.2, 0.25) is 0 Å². The Kier molecular flexibility index (Phi) is 6.20. The van der Waals surface area contributed by atoms with Crippen molar-refractivity contribution in [2.45, 2.75) is 12.3 Å². The van der Waals surface area contributed by atoms with Gasteiger partial charge in [-0.15, -0.1) is 0 Å². The van der Waals surface area contributed by atoms with E-state index in [9.17, 15) is 0 Å². The standard InChI is InChI=1S/C6H13NOS.Ag/c1-6(9)7-2-4-8-5-3-7;/h6,9H,2-5H2,1H3;/q;+1. The Labute approximate surface area is 83.2 Å². The molecule has 0 bridgehead atoms. The number of rotatable bonds is 1. The molecule has 0 spiro atoms. The third-order valence-corrected chi connectivity index (χ3v) is 1.90. The molecular formula is C6H13AgNOS+. The van der Waals surface area contributed by atoms with Crippen LogP contribution in [0.3, 0.4) is 0 Å². The molecule has 0 aromatic rings. The molecule has 1 saturated heterocycles. The summed E-state index contributed by atoms with van der Waals surface area (Å²) in [6.07, 6.45) is 0. The summed E-state index contributed by atoms with van der Waals surface area (Å²) in [6.45, 7) is 5.89. The summed E-state index contributed by atoms with van der Waals surface area (Å²) in [6, 6.07) is 0. The second kappa shape index (κ2) is 5.63. The van der Waals surface area contributed by atoms with Gasteiger partial charge < -0.3 is 4.74 Å². The van der Waals surface area contributed by atoms with Crippen LogP contribution in [-0.4, -0.2) is 36.6 Å². The van der Waals surface area contributed by atoms with Gasteiger partial charge in [0.25, 0.3) is 0 Å². The van der Waals surface area contributed by atoms with E-state index < -0.39 is 0 Å². The maximum Gasteiger partial charge on any atom is 1.00 e. The van der Waals surface area contributed by atoms with Crippen molar-refractivity contribution in [3.8, 4) is 0 Å². The van der Waals surface area contributed by atoms with Crippen LogP contribution in [0.1, 0.15) is 6.92 Å². The summed E-state index contributed by atoms with van der Waals surface area (Å²) in [5, 5.41) is 0.383. The maximum absolute atomic E-state index is 5.17. The normalized spacial score (nSPS) is 23.4. The fourth-order valence-corrected chi connectivity index (χ4v) is 1.18. The molecule has 4 heteroatoms. The van der Waals surface area contributed by atoms with Crippen molar-refractivity contribution in [1.29, 1.82) is 0 Å². The molecular weight excluding hydrogens is 242 g/mol. The first-order valence-corrected chi connectivity index (χ1v) is 3.82. The zero-order valence-corrected chi connectivity index (χ0v) is 8.39. The number of hydrogen-bond donors (Lipinski definition) is 1. The zero-order valence-electron chi connectivity index (χ0n) is 6.01. The largest absolute Gasteiger partial charge is 1.00 e. The predicted molar refractivity (Wildman–Crippen MR) is 40.8 cm³/mol. The molecule has 64 valence electrons. The molecule has 0 aliphatic carbocycles. The van der Waals surface area contributed by atoms with E-state index >= 15 is 0 Å². The topological polar surface area (TPSA) is 12.5 Å². The molecule has 2 nitrogen and oxygen atoms in total. The third kappa shape index (κ3) is 3.42. The number of ether oxygens (including phenoxy) is 1. The Morgan fingerprint density at radius 1 is 1.40 bits per heavy atom. The molecule has 0 N–H and O–H groups in total. The number of morpholine rings is 1. The average molecular weight is 255 g/mol. The van der Waals surface area contributed by atoms with Crippen LogP contribution in [0.4, 0.5) is 0 Å². The second-order valence-electron chi connectivity index (χ2n) is 2.28. The minimum Gasteiger partial charge on any atom is -0.379 e. The van der Waals surface area contributed by atoms with Crippen molar-refractivity contribution < 1.29 is 27.1 Å². The van der Waals surface area contributed by atoms with Crippen LogP contribution in [-0.2, 0) is 27.1 Å². The van der Waals surface area contributed by atoms with E-state index in [1.54, 1.807) is 0 Å². The van der Waals surface area contributed by atoms with Gasteiger partial charge in [-0.1, -0.05) is 0 Å². The van der Waals surface area contributed by atoms with Crippen LogP contribution in [0.15, 0.2) is 0 Å². The second-order valence-corrected chi connectivity index (χ2v) is 3.03. The summed E-state index contributed by atoms with van der Waals surface area (Å²) in [5.41, 5.74) is 0. The fourth-order valence-electron chi connectivity index (χ4n) is 0.951. The minimum absolute atomic E-state index is 0. The Morgan fingerprint density at radius 2 is 1.90 bits per heavy atom. The smallest absolute Gasteiger partial charge is 0.379 e. The van der Waals surface area contributed by atoms with Crippen LogP contribution in [0.2, 0.25) is 0 Å².